The lowest BCUT2D eigenvalue weighted by Gasteiger charge is -2.10. The van der Waals surface area contributed by atoms with Crippen molar-refractivity contribution in [2.24, 2.45) is 5.73 Å². The summed E-state index contributed by atoms with van der Waals surface area (Å²) in [5.74, 6) is -0.161. The van der Waals surface area contributed by atoms with Crippen LogP contribution in [0.1, 0.15) is 30.1 Å². The normalized spacial score (nSPS) is 10.2. The molecule has 0 heterocycles. The molecule has 0 saturated carbocycles. The Morgan fingerprint density at radius 1 is 1.38 bits per heavy atom. The predicted molar refractivity (Wildman–Crippen MR) is 65.4 cm³/mol. The molecule has 88 valence electrons. The Balaban J connectivity index is 2.89. The number of hydrogen-bond donors (Lipinski definition) is 1. The lowest BCUT2D eigenvalue weighted by Crippen LogP contribution is -2.11. The molecule has 0 aliphatic carbocycles. The van der Waals surface area contributed by atoms with Gasteiger partial charge in [0.05, 0.1) is 16.7 Å². The SMILES string of the molecule is CCCCOc1c(Cl)cc(C(N)=O)cc1Cl. The highest BCUT2D eigenvalue weighted by molar-refractivity contribution is 6.37. The van der Waals surface area contributed by atoms with Crippen molar-refractivity contribution in [3.63, 3.8) is 0 Å². The Labute approximate surface area is 104 Å². The fourth-order valence-electron chi connectivity index (χ4n) is 1.16. The molecule has 1 amide bonds. The van der Waals surface area contributed by atoms with E-state index in [4.69, 9.17) is 33.7 Å². The van der Waals surface area contributed by atoms with E-state index in [1.807, 2.05) is 0 Å². The standard InChI is InChI=1S/C11H13Cl2NO2/c1-2-3-4-16-10-8(12)5-7(11(14)15)6-9(10)13/h5-6H,2-4H2,1H3,(H2,14,15). The van der Waals surface area contributed by atoms with Gasteiger partial charge >= 0.3 is 0 Å². The molecule has 1 aromatic carbocycles. The van der Waals surface area contributed by atoms with E-state index >= 15 is 0 Å². The Bertz CT molecular complexity index is 371. The second-order valence-corrected chi connectivity index (χ2v) is 4.15. The predicted octanol–water partition coefficient (Wildman–Crippen LogP) is 3.27. The van der Waals surface area contributed by atoms with E-state index in [1.165, 1.54) is 12.1 Å². The number of halogens is 2. The van der Waals surface area contributed by atoms with E-state index in [2.05, 4.69) is 6.92 Å². The number of primary amides is 1. The molecule has 5 heteroatoms. The van der Waals surface area contributed by atoms with E-state index in [0.717, 1.165) is 12.8 Å². The largest absolute Gasteiger partial charge is 0.490 e. The molecule has 16 heavy (non-hydrogen) atoms. The Morgan fingerprint density at radius 2 is 1.94 bits per heavy atom. The zero-order valence-corrected chi connectivity index (χ0v) is 10.4. The smallest absolute Gasteiger partial charge is 0.248 e. The number of carbonyl (C=O) groups excluding carboxylic acids is 1. The van der Waals surface area contributed by atoms with Crippen LogP contribution in [0.4, 0.5) is 0 Å². The summed E-state index contributed by atoms with van der Waals surface area (Å²) >= 11 is 11.9. The minimum Gasteiger partial charge on any atom is -0.490 e. The zero-order chi connectivity index (χ0) is 12.1. The van der Waals surface area contributed by atoms with E-state index in [0.29, 0.717) is 22.4 Å². The lowest BCUT2D eigenvalue weighted by molar-refractivity contribution is 0.100. The van der Waals surface area contributed by atoms with E-state index < -0.39 is 5.91 Å². The summed E-state index contributed by atoms with van der Waals surface area (Å²) in [4.78, 5) is 10.9. The van der Waals surface area contributed by atoms with Gasteiger partial charge in [0, 0.05) is 5.56 Å². The maximum Gasteiger partial charge on any atom is 0.248 e. The van der Waals surface area contributed by atoms with Gasteiger partial charge in [0.2, 0.25) is 5.91 Å². The maximum atomic E-state index is 10.9. The van der Waals surface area contributed by atoms with Gasteiger partial charge in [0.15, 0.2) is 5.75 Å². The van der Waals surface area contributed by atoms with Crippen molar-refractivity contribution in [2.75, 3.05) is 6.61 Å². The first-order valence-corrected chi connectivity index (χ1v) is 5.73. The summed E-state index contributed by atoms with van der Waals surface area (Å²) in [6.45, 7) is 2.61. The van der Waals surface area contributed by atoms with E-state index in [1.54, 1.807) is 0 Å². The van der Waals surface area contributed by atoms with Gasteiger partial charge in [-0.15, -0.1) is 0 Å². The first-order valence-electron chi connectivity index (χ1n) is 4.98. The summed E-state index contributed by atoms with van der Waals surface area (Å²) < 4.78 is 5.43. The molecular weight excluding hydrogens is 249 g/mol. The van der Waals surface area contributed by atoms with E-state index in [9.17, 15) is 4.79 Å². The van der Waals surface area contributed by atoms with Crippen molar-refractivity contribution in [1.82, 2.24) is 0 Å². The van der Waals surface area contributed by atoms with Gasteiger partial charge in [0.1, 0.15) is 0 Å². The minimum absolute atomic E-state index is 0.276. The lowest BCUT2D eigenvalue weighted by atomic mass is 10.2. The fraction of sp³-hybridized carbons (Fsp3) is 0.364. The van der Waals surface area contributed by atoms with Gasteiger partial charge in [-0.1, -0.05) is 36.5 Å². The molecule has 0 bridgehead atoms. The zero-order valence-electron chi connectivity index (χ0n) is 8.93. The van der Waals surface area contributed by atoms with Gasteiger partial charge < -0.3 is 10.5 Å². The van der Waals surface area contributed by atoms with Gasteiger partial charge in [0.25, 0.3) is 0 Å². The Kier molecular flexibility index (Phi) is 4.90. The van der Waals surface area contributed by atoms with Crippen LogP contribution in [-0.4, -0.2) is 12.5 Å². The topological polar surface area (TPSA) is 52.3 Å². The van der Waals surface area contributed by atoms with Crippen LogP contribution in [0, 0.1) is 0 Å². The Hall–Kier alpha value is -0.930. The second kappa shape index (κ2) is 5.97. The van der Waals surface area contributed by atoms with Crippen molar-refractivity contribution in [3.8, 4) is 5.75 Å². The highest BCUT2D eigenvalue weighted by atomic mass is 35.5. The third-order valence-electron chi connectivity index (χ3n) is 2.03. The van der Waals surface area contributed by atoms with Crippen LogP contribution in [0.25, 0.3) is 0 Å². The van der Waals surface area contributed by atoms with Crippen molar-refractivity contribution >= 4 is 29.1 Å². The van der Waals surface area contributed by atoms with Crippen LogP contribution in [0.2, 0.25) is 10.0 Å². The summed E-state index contributed by atoms with van der Waals surface area (Å²) in [6.07, 6.45) is 1.94. The summed E-state index contributed by atoms with van der Waals surface area (Å²) in [5, 5.41) is 0.606. The first-order chi connectivity index (χ1) is 7.56. The molecule has 1 aromatic rings. The molecule has 0 atom stereocenters. The van der Waals surface area contributed by atoms with Crippen LogP contribution in [0.3, 0.4) is 0 Å². The molecule has 0 saturated heterocycles. The highest BCUT2D eigenvalue weighted by Crippen LogP contribution is 2.34. The average molecular weight is 262 g/mol. The van der Waals surface area contributed by atoms with Gasteiger partial charge in [-0.2, -0.15) is 0 Å². The maximum absolute atomic E-state index is 10.9. The number of rotatable bonds is 5. The van der Waals surface area contributed by atoms with Crippen molar-refractivity contribution in [1.29, 1.82) is 0 Å². The van der Waals surface area contributed by atoms with Crippen LogP contribution in [0.5, 0.6) is 5.75 Å². The number of hydrogen-bond acceptors (Lipinski definition) is 2. The van der Waals surface area contributed by atoms with Crippen LogP contribution < -0.4 is 10.5 Å². The van der Waals surface area contributed by atoms with Gasteiger partial charge in [-0.05, 0) is 18.6 Å². The van der Waals surface area contributed by atoms with Crippen LogP contribution in [0.15, 0.2) is 12.1 Å². The fourth-order valence-corrected chi connectivity index (χ4v) is 1.75. The molecule has 0 aromatic heterocycles. The second-order valence-electron chi connectivity index (χ2n) is 3.34. The Morgan fingerprint density at radius 3 is 2.38 bits per heavy atom. The van der Waals surface area contributed by atoms with Crippen molar-refractivity contribution < 1.29 is 9.53 Å². The molecule has 1 rings (SSSR count). The number of amides is 1. The number of unbranched alkanes of at least 4 members (excludes halogenated alkanes) is 1. The summed E-state index contributed by atoms with van der Waals surface area (Å²) in [6, 6.07) is 2.91. The monoisotopic (exact) mass is 261 g/mol. The van der Waals surface area contributed by atoms with E-state index in [-0.39, 0.29) is 5.56 Å². The molecule has 0 fully saturated rings. The number of ether oxygens (including phenoxy) is 1. The summed E-state index contributed by atoms with van der Waals surface area (Å²) in [7, 11) is 0. The van der Waals surface area contributed by atoms with Crippen molar-refractivity contribution in [3.05, 3.63) is 27.7 Å². The molecule has 0 aliphatic rings. The quantitative estimate of drug-likeness (QED) is 0.828. The molecule has 0 spiro atoms. The molecule has 0 radical (unpaired) electrons. The highest BCUT2D eigenvalue weighted by Gasteiger charge is 2.12. The molecular formula is C11H13Cl2NO2. The number of nitrogens with two attached hydrogens (primary N) is 1. The minimum atomic E-state index is -0.566. The third kappa shape index (κ3) is 3.29. The number of benzene rings is 1. The van der Waals surface area contributed by atoms with Crippen LogP contribution in [-0.2, 0) is 0 Å². The third-order valence-corrected chi connectivity index (χ3v) is 2.59. The average Bonchev–Trinajstić information content (AvgIpc) is 2.21. The van der Waals surface area contributed by atoms with Gasteiger partial charge in [-0.25, -0.2) is 0 Å². The first kappa shape index (κ1) is 13.1. The van der Waals surface area contributed by atoms with Crippen molar-refractivity contribution in [2.45, 2.75) is 19.8 Å². The molecule has 3 nitrogen and oxygen atoms in total. The van der Waals surface area contributed by atoms with Gasteiger partial charge in [-0.3, -0.25) is 4.79 Å². The molecule has 2 N–H and O–H groups in total. The molecule has 0 unspecified atom stereocenters. The van der Waals surface area contributed by atoms with Crippen LogP contribution >= 0.6 is 23.2 Å². The molecule has 0 aliphatic heterocycles. The summed E-state index contributed by atoms with van der Waals surface area (Å²) in [5.41, 5.74) is 5.40. The number of carbonyl (C=O) groups is 1.